The van der Waals surface area contributed by atoms with Crippen molar-refractivity contribution in [2.45, 2.75) is 19.8 Å². The Balaban J connectivity index is 3.44. The standard InChI is InChI=1S/C8H13IO4/c1-2-12-7(10)6-8(11)13-5-3-4-9/h2-6H2,1H3. The Labute approximate surface area is 91.1 Å². The van der Waals surface area contributed by atoms with E-state index in [2.05, 4.69) is 27.3 Å². The van der Waals surface area contributed by atoms with Crippen LogP contribution >= 0.6 is 22.6 Å². The van der Waals surface area contributed by atoms with Crippen molar-refractivity contribution in [1.82, 2.24) is 0 Å². The van der Waals surface area contributed by atoms with Crippen molar-refractivity contribution >= 4 is 34.5 Å². The highest BCUT2D eigenvalue weighted by Gasteiger charge is 2.10. The van der Waals surface area contributed by atoms with Crippen molar-refractivity contribution in [3.05, 3.63) is 0 Å². The minimum atomic E-state index is -0.526. The first-order valence-corrected chi connectivity index (χ1v) is 5.60. The number of hydrogen-bond donors (Lipinski definition) is 0. The van der Waals surface area contributed by atoms with Crippen LogP contribution in [0.15, 0.2) is 0 Å². The SMILES string of the molecule is CCOC(=O)CC(=O)OCCCI. The van der Waals surface area contributed by atoms with Gasteiger partial charge in [-0.1, -0.05) is 22.6 Å². The Kier molecular flexibility index (Phi) is 8.07. The largest absolute Gasteiger partial charge is 0.466 e. The number of carbonyl (C=O) groups excluding carboxylic acids is 2. The number of ether oxygens (including phenoxy) is 2. The van der Waals surface area contributed by atoms with Gasteiger partial charge in [0.15, 0.2) is 0 Å². The zero-order chi connectivity index (χ0) is 10.1. The maximum Gasteiger partial charge on any atom is 0.317 e. The summed E-state index contributed by atoms with van der Waals surface area (Å²) in [7, 11) is 0. The number of carbonyl (C=O) groups is 2. The summed E-state index contributed by atoms with van der Waals surface area (Å²) in [6, 6.07) is 0. The lowest BCUT2D eigenvalue weighted by Crippen LogP contribution is -2.14. The fourth-order valence-electron chi connectivity index (χ4n) is 0.621. The van der Waals surface area contributed by atoms with Crippen LogP contribution in [0.25, 0.3) is 0 Å². The lowest BCUT2D eigenvalue weighted by atomic mass is 10.4. The van der Waals surface area contributed by atoms with Crippen LogP contribution in [0.1, 0.15) is 19.8 Å². The van der Waals surface area contributed by atoms with Gasteiger partial charge in [-0.15, -0.1) is 0 Å². The van der Waals surface area contributed by atoms with Crippen molar-refractivity contribution in [1.29, 1.82) is 0 Å². The van der Waals surface area contributed by atoms with Gasteiger partial charge in [0.2, 0.25) is 0 Å². The lowest BCUT2D eigenvalue weighted by molar-refractivity contribution is -0.154. The van der Waals surface area contributed by atoms with Crippen LogP contribution in [0.5, 0.6) is 0 Å². The van der Waals surface area contributed by atoms with Gasteiger partial charge in [-0.25, -0.2) is 0 Å². The number of hydrogen-bond acceptors (Lipinski definition) is 4. The van der Waals surface area contributed by atoms with Crippen LogP contribution in [0.2, 0.25) is 0 Å². The Morgan fingerprint density at radius 2 is 1.85 bits per heavy atom. The summed E-state index contributed by atoms with van der Waals surface area (Å²) >= 11 is 2.19. The first kappa shape index (κ1) is 12.7. The van der Waals surface area contributed by atoms with E-state index in [4.69, 9.17) is 4.74 Å². The van der Waals surface area contributed by atoms with Gasteiger partial charge < -0.3 is 9.47 Å². The van der Waals surface area contributed by atoms with E-state index in [1.807, 2.05) is 0 Å². The molecule has 0 aliphatic carbocycles. The Morgan fingerprint density at radius 1 is 1.23 bits per heavy atom. The van der Waals surface area contributed by atoms with E-state index < -0.39 is 11.9 Å². The zero-order valence-electron chi connectivity index (χ0n) is 7.55. The summed E-state index contributed by atoms with van der Waals surface area (Å²) in [5.41, 5.74) is 0. The predicted molar refractivity (Wildman–Crippen MR) is 55.7 cm³/mol. The van der Waals surface area contributed by atoms with E-state index in [-0.39, 0.29) is 6.42 Å². The predicted octanol–water partition coefficient (Wildman–Crippen LogP) is 1.31. The smallest absolute Gasteiger partial charge is 0.317 e. The molecular formula is C8H13IO4. The molecule has 13 heavy (non-hydrogen) atoms. The highest BCUT2D eigenvalue weighted by atomic mass is 127. The van der Waals surface area contributed by atoms with Crippen LogP contribution in [0.4, 0.5) is 0 Å². The number of rotatable bonds is 6. The average Bonchev–Trinajstić information content (AvgIpc) is 2.05. The molecule has 0 aromatic rings. The van der Waals surface area contributed by atoms with Crippen LogP contribution in [-0.4, -0.2) is 29.6 Å². The molecule has 0 saturated heterocycles. The Bertz CT molecular complexity index is 170. The van der Waals surface area contributed by atoms with Gasteiger partial charge in [-0.3, -0.25) is 9.59 Å². The van der Waals surface area contributed by atoms with Crippen molar-refractivity contribution in [3.63, 3.8) is 0 Å². The maximum atomic E-state index is 10.9. The fourth-order valence-corrected chi connectivity index (χ4v) is 0.933. The fraction of sp³-hybridized carbons (Fsp3) is 0.750. The number of halogens is 1. The van der Waals surface area contributed by atoms with Crippen LogP contribution < -0.4 is 0 Å². The minimum Gasteiger partial charge on any atom is -0.466 e. The van der Waals surface area contributed by atoms with Crippen LogP contribution in [0.3, 0.4) is 0 Å². The van der Waals surface area contributed by atoms with Crippen LogP contribution in [-0.2, 0) is 19.1 Å². The molecule has 0 aromatic carbocycles. The molecule has 0 heterocycles. The highest BCUT2D eigenvalue weighted by Crippen LogP contribution is 1.94. The van der Waals surface area contributed by atoms with Gasteiger partial charge in [0.1, 0.15) is 6.42 Å². The molecular weight excluding hydrogens is 287 g/mol. The van der Waals surface area contributed by atoms with E-state index in [1.165, 1.54) is 0 Å². The molecule has 0 atom stereocenters. The second-order valence-corrected chi connectivity index (χ2v) is 3.32. The van der Waals surface area contributed by atoms with E-state index in [0.29, 0.717) is 13.2 Å². The molecule has 0 aromatic heterocycles. The van der Waals surface area contributed by atoms with E-state index in [1.54, 1.807) is 6.92 Å². The topological polar surface area (TPSA) is 52.6 Å². The van der Waals surface area contributed by atoms with Crippen molar-refractivity contribution in [2.24, 2.45) is 0 Å². The molecule has 0 unspecified atom stereocenters. The Hall–Kier alpha value is -0.330. The van der Waals surface area contributed by atoms with Gasteiger partial charge in [0.25, 0.3) is 0 Å². The minimum absolute atomic E-state index is 0.283. The summed E-state index contributed by atoms with van der Waals surface area (Å²) in [5.74, 6) is -1.04. The monoisotopic (exact) mass is 300 g/mol. The van der Waals surface area contributed by atoms with Crippen molar-refractivity contribution in [2.75, 3.05) is 17.6 Å². The van der Waals surface area contributed by atoms with Crippen LogP contribution in [0, 0.1) is 0 Å². The third-order valence-electron chi connectivity index (χ3n) is 1.14. The molecule has 0 spiro atoms. The highest BCUT2D eigenvalue weighted by molar-refractivity contribution is 14.1. The first-order valence-electron chi connectivity index (χ1n) is 4.08. The average molecular weight is 300 g/mol. The molecule has 0 saturated carbocycles. The number of alkyl halides is 1. The summed E-state index contributed by atoms with van der Waals surface area (Å²) in [6.07, 6.45) is 0.532. The van der Waals surface area contributed by atoms with E-state index in [9.17, 15) is 9.59 Å². The molecule has 0 bridgehead atoms. The molecule has 4 nitrogen and oxygen atoms in total. The van der Waals surface area contributed by atoms with Gasteiger partial charge >= 0.3 is 11.9 Å². The van der Waals surface area contributed by atoms with Gasteiger partial charge in [0.05, 0.1) is 13.2 Å². The molecule has 0 rings (SSSR count). The summed E-state index contributed by atoms with van der Waals surface area (Å²) in [5, 5.41) is 0. The van der Waals surface area contributed by atoms with Gasteiger partial charge in [0, 0.05) is 4.43 Å². The molecule has 5 heteroatoms. The second kappa shape index (κ2) is 8.28. The summed E-state index contributed by atoms with van der Waals surface area (Å²) < 4.78 is 10.3. The van der Waals surface area contributed by atoms with Gasteiger partial charge in [-0.2, -0.15) is 0 Å². The molecule has 0 radical (unpaired) electrons. The summed E-state index contributed by atoms with van der Waals surface area (Å²) in [4.78, 5) is 21.6. The van der Waals surface area contributed by atoms with E-state index >= 15 is 0 Å². The molecule has 0 fully saturated rings. The normalized spacial score (nSPS) is 9.38. The van der Waals surface area contributed by atoms with Gasteiger partial charge in [-0.05, 0) is 13.3 Å². The molecule has 0 N–H and O–H groups in total. The third kappa shape index (κ3) is 8.01. The quantitative estimate of drug-likeness (QED) is 0.244. The first-order chi connectivity index (χ1) is 6.20. The summed E-state index contributed by atoms with van der Waals surface area (Å²) in [6.45, 7) is 2.36. The van der Waals surface area contributed by atoms with Crippen molar-refractivity contribution < 1.29 is 19.1 Å². The molecule has 0 aliphatic rings. The second-order valence-electron chi connectivity index (χ2n) is 2.24. The molecule has 0 amide bonds. The Morgan fingerprint density at radius 3 is 2.38 bits per heavy atom. The number of esters is 2. The zero-order valence-corrected chi connectivity index (χ0v) is 9.70. The molecule has 0 aliphatic heterocycles. The lowest BCUT2D eigenvalue weighted by Gasteiger charge is -2.02. The van der Waals surface area contributed by atoms with E-state index in [0.717, 1.165) is 10.8 Å². The third-order valence-corrected chi connectivity index (χ3v) is 1.90. The molecule has 76 valence electrons. The van der Waals surface area contributed by atoms with Crippen molar-refractivity contribution in [3.8, 4) is 0 Å². The maximum absolute atomic E-state index is 10.9.